The Labute approximate surface area is 170 Å². The van der Waals surface area contributed by atoms with E-state index < -0.39 is 0 Å². The molecule has 0 saturated carbocycles. The Morgan fingerprint density at radius 1 is 0.931 bits per heavy atom. The average molecular weight is 388 g/mol. The second kappa shape index (κ2) is 9.59. The molecule has 2 aromatic heterocycles. The van der Waals surface area contributed by atoms with E-state index in [9.17, 15) is 9.59 Å². The zero-order valence-electron chi connectivity index (χ0n) is 16.6. The van der Waals surface area contributed by atoms with E-state index in [1.165, 1.54) is 5.56 Å². The molecule has 0 radical (unpaired) electrons. The van der Waals surface area contributed by atoms with Gasteiger partial charge in [0.05, 0.1) is 0 Å². The van der Waals surface area contributed by atoms with Crippen LogP contribution in [0.5, 0.6) is 0 Å². The number of rotatable bonds is 7. The number of hydrogen-bond acceptors (Lipinski definition) is 4. The van der Waals surface area contributed by atoms with Gasteiger partial charge in [-0.05, 0) is 60.4 Å². The Kier molecular flexibility index (Phi) is 6.68. The molecule has 0 saturated heterocycles. The zero-order chi connectivity index (χ0) is 20.6. The minimum absolute atomic E-state index is 0.206. The quantitative estimate of drug-likeness (QED) is 0.671. The van der Waals surface area contributed by atoms with Crippen LogP contribution in [0.4, 0.5) is 5.69 Å². The van der Waals surface area contributed by atoms with Gasteiger partial charge in [-0.3, -0.25) is 14.6 Å². The molecule has 148 valence electrons. The number of nitrogens with one attached hydrogen (secondary N) is 1. The van der Waals surface area contributed by atoms with Crippen LogP contribution in [0.2, 0.25) is 0 Å². The second-order valence-electron chi connectivity index (χ2n) is 6.74. The molecule has 0 aliphatic heterocycles. The summed E-state index contributed by atoms with van der Waals surface area (Å²) in [6.07, 6.45) is 5.13. The first-order valence-corrected chi connectivity index (χ1v) is 9.58. The average Bonchev–Trinajstić information content (AvgIpc) is 2.78. The number of nitrogens with zero attached hydrogens (tertiary/aromatic N) is 3. The van der Waals surface area contributed by atoms with Gasteiger partial charge in [-0.2, -0.15) is 0 Å². The Morgan fingerprint density at radius 3 is 2.31 bits per heavy atom. The highest BCUT2D eigenvalue weighted by molar-refractivity contribution is 6.03. The Bertz CT molecular complexity index is 972. The van der Waals surface area contributed by atoms with Crippen molar-refractivity contribution in [3.63, 3.8) is 0 Å². The van der Waals surface area contributed by atoms with Crippen molar-refractivity contribution < 1.29 is 9.59 Å². The molecule has 0 atom stereocenters. The summed E-state index contributed by atoms with van der Waals surface area (Å²) in [5.41, 5.74) is 3.45. The molecule has 2 heterocycles. The van der Waals surface area contributed by atoms with Gasteiger partial charge in [0.1, 0.15) is 11.4 Å². The molecule has 29 heavy (non-hydrogen) atoms. The van der Waals surface area contributed by atoms with Gasteiger partial charge in [-0.1, -0.05) is 25.1 Å². The van der Waals surface area contributed by atoms with Gasteiger partial charge in [0.15, 0.2) is 0 Å². The van der Waals surface area contributed by atoms with Crippen molar-refractivity contribution in [1.82, 2.24) is 14.9 Å². The zero-order valence-corrected chi connectivity index (χ0v) is 16.6. The van der Waals surface area contributed by atoms with Crippen LogP contribution in [0.15, 0.2) is 67.0 Å². The molecule has 2 amide bonds. The van der Waals surface area contributed by atoms with Gasteiger partial charge in [-0.15, -0.1) is 0 Å². The van der Waals surface area contributed by atoms with E-state index in [1.807, 2.05) is 36.4 Å². The number of carbonyl (C=O) groups excluding carboxylic acids is 2. The number of aryl methyl sites for hydroxylation is 1. The minimum atomic E-state index is -0.344. The van der Waals surface area contributed by atoms with Gasteiger partial charge in [-0.25, -0.2) is 4.98 Å². The lowest BCUT2D eigenvalue weighted by molar-refractivity contribution is 0.0790. The van der Waals surface area contributed by atoms with Crippen LogP contribution in [0.1, 0.15) is 39.0 Å². The van der Waals surface area contributed by atoms with Crippen LogP contribution in [-0.4, -0.2) is 40.3 Å². The Morgan fingerprint density at radius 2 is 1.62 bits per heavy atom. The minimum Gasteiger partial charge on any atom is -0.340 e. The summed E-state index contributed by atoms with van der Waals surface area (Å²) in [6.45, 7) is 2.62. The standard InChI is InChI=1S/C23H24N4O2/c1-3-17-7-9-19(10-8-17)25-22(28)20-5-4-6-21(26-20)23(29)27(2)16-13-18-11-14-24-15-12-18/h4-12,14-15H,3,13,16H2,1-2H3,(H,25,28). The summed E-state index contributed by atoms with van der Waals surface area (Å²) in [4.78, 5) is 35.1. The predicted octanol–water partition coefficient (Wildman–Crippen LogP) is 3.61. The third kappa shape index (κ3) is 5.48. The van der Waals surface area contributed by atoms with Gasteiger partial charge in [0, 0.05) is 31.7 Å². The van der Waals surface area contributed by atoms with E-state index in [0.717, 1.165) is 18.4 Å². The molecule has 0 fully saturated rings. The first-order chi connectivity index (χ1) is 14.1. The number of hydrogen-bond donors (Lipinski definition) is 1. The molecular formula is C23H24N4O2. The van der Waals surface area contributed by atoms with Crippen molar-refractivity contribution in [1.29, 1.82) is 0 Å². The predicted molar refractivity (Wildman–Crippen MR) is 113 cm³/mol. The van der Waals surface area contributed by atoms with E-state index in [1.54, 1.807) is 42.5 Å². The summed E-state index contributed by atoms with van der Waals surface area (Å²) < 4.78 is 0. The number of aromatic nitrogens is 2. The lowest BCUT2D eigenvalue weighted by Gasteiger charge is -2.17. The number of amides is 2. The van der Waals surface area contributed by atoms with Crippen molar-refractivity contribution in [2.24, 2.45) is 0 Å². The van der Waals surface area contributed by atoms with Crippen LogP contribution in [-0.2, 0) is 12.8 Å². The highest BCUT2D eigenvalue weighted by Crippen LogP contribution is 2.12. The monoisotopic (exact) mass is 388 g/mol. The van der Waals surface area contributed by atoms with E-state index in [2.05, 4.69) is 22.2 Å². The van der Waals surface area contributed by atoms with E-state index in [0.29, 0.717) is 12.2 Å². The summed E-state index contributed by atoms with van der Waals surface area (Å²) in [5, 5.41) is 2.82. The van der Waals surface area contributed by atoms with Crippen molar-refractivity contribution in [2.45, 2.75) is 19.8 Å². The molecule has 0 aliphatic rings. The third-order valence-corrected chi connectivity index (χ3v) is 4.65. The molecule has 0 bridgehead atoms. The van der Waals surface area contributed by atoms with Gasteiger partial charge in [0.25, 0.3) is 11.8 Å². The maximum absolute atomic E-state index is 12.7. The topological polar surface area (TPSA) is 75.2 Å². The summed E-state index contributed by atoms with van der Waals surface area (Å²) in [6, 6.07) is 16.4. The highest BCUT2D eigenvalue weighted by atomic mass is 16.2. The van der Waals surface area contributed by atoms with Gasteiger partial charge in [0.2, 0.25) is 0 Å². The lowest BCUT2D eigenvalue weighted by Crippen LogP contribution is -2.30. The van der Waals surface area contributed by atoms with Crippen LogP contribution >= 0.6 is 0 Å². The first kappa shape index (κ1) is 20.2. The molecule has 3 rings (SSSR count). The molecule has 3 aromatic rings. The van der Waals surface area contributed by atoms with Crippen molar-refractivity contribution in [2.75, 3.05) is 18.9 Å². The molecule has 1 aromatic carbocycles. The smallest absolute Gasteiger partial charge is 0.274 e. The van der Waals surface area contributed by atoms with E-state index >= 15 is 0 Å². The SMILES string of the molecule is CCc1ccc(NC(=O)c2cccc(C(=O)N(C)CCc3ccncc3)n2)cc1. The highest BCUT2D eigenvalue weighted by Gasteiger charge is 2.16. The van der Waals surface area contributed by atoms with E-state index in [4.69, 9.17) is 0 Å². The normalized spacial score (nSPS) is 10.4. The molecule has 0 aliphatic carbocycles. The van der Waals surface area contributed by atoms with Crippen LogP contribution in [0, 0.1) is 0 Å². The first-order valence-electron chi connectivity index (χ1n) is 9.58. The Hall–Kier alpha value is -3.54. The molecule has 1 N–H and O–H groups in total. The van der Waals surface area contributed by atoms with Crippen LogP contribution in [0.25, 0.3) is 0 Å². The summed E-state index contributed by atoms with van der Waals surface area (Å²) in [5.74, 6) is -0.565. The lowest BCUT2D eigenvalue weighted by atomic mass is 10.1. The second-order valence-corrected chi connectivity index (χ2v) is 6.74. The number of anilines is 1. The van der Waals surface area contributed by atoms with Crippen LogP contribution < -0.4 is 5.32 Å². The molecule has 0 spiro atoms. The maximum Gasteiger partial charge on any atom is 0.274 e. The van der Waals surface area contributed by atoms with E-state index in [-0.39, 0.29) is 23.2 Å². The summed E-state index contributed by atoms with van der Waals surface area (Å²) >= 11 is 0. The summed E-state index contributed by atoms with van der Waals surface area (Å²) in [7, 11) is 1.73. The number of pyridine rings is 2. The molecular weight excluding hydrogens is 364 g/mol. The maximum atomic E-state index is 12.7. The van der Waals surface area contributed by atoms with Crippen molar-refractivity contribution >= 4 is 17.5 Å². The number of benzene rings is 1. The third-order valence-electron chi connectivity index (χ3n) is 4.65. The fraction of sp³-hybridized carbons (Fsp3) is 0.217. The van der Waals surface area contributed by atoms with Crippen LogP contribution in [0.3, 0.4) is 0 Å². The number of carbonyl (C=O) groups is 2. The van der Waals surface area contributed by atoms with Crippen molar-refractivity contribution in [3.8, 4) is 0 Å². The molecule has 6 nitrogen and oxygen atoms in total. The van der Waals surface area contributed by atoms with Gasteiger partial charge >= 0.3 is 0 Å². The fourth-order valence-electron chi connectivity index (χ4n) is 2.84. The molecule has 6 heteroatoms. The Balaban J connectivity index is 1.64. The largest absolute Gasteiger partial charge is 0.340 e. The van der Waals surface area contributed by atoms with Crippen molar-refractivity contribution in [3.05, 3.63) is 89.5 Å². The number of likely N-dealkylation sites (N-methyl/N-ethyl adjacent to an activating group) is 1. The fourth-order valence-corrected chi connectivity index (χ4v) is 2.84. The molecule has 0 unspecified atom stereocenters. The van der Waals surface area contributed by atoms with Gasteiger partial charge < -0.3 is 10.2 Å².